The average Bonchev–Trinajstić information content (AvgIpc) is 2.89. The topological polar surface area (TPSA) is 85.8 Å². The highest BCUT2D eigenvalue weighted by Gasteiger charge is 2.22. The third-order valence-electron chi connectivity index (χ3n) is 6.12. The lowest BCUT2D eigenvalue weighted by Gasteiger charge is -2.37. The van der Waals surface area contributed by atoms with Crippen LogP contribution in [0.5, 0.6) is 0 Å². The third-order valence-corrected chi connectivity index (χ3v) is 6.12. The molecule has 1 fully saturated rings. The highest BCUT2D eigenvalue weighted by molar-refractivity contribution is 6.08. The standard InChI is InChI=1S/C27H23FN4O3/c28-22-8-4-5-9-24(22)31-12-14-32(15-13-31)25-17-21(27(34)35)20-16-19(10-11-23(20)30-25)29-26(33)18-6-2-1-3-7-18/h1-11,16-17H,12-15H2,(H,29,33)(H,34,35). The molecule has 0 saturated carbocycles. The Hall–Kier alpha value is -4.46. The van der Waals surface area contributed by atoms with Gasteiger partial charge in [0.05, 0.1) is 16.8 Å². The SMILES string of the molecule is O=C(Nc1ccc2nc(N3CCN(c4ccccc4F)CC3)cc(C(=O)O)c2c1)c1ccccc1. The summed E-state index contributed by atoms with van der Waals surface area (Å²) in [6, 6.07) is 22.1. The molecule has 3 aromatic carbocycles. The number of aromatic carboxylic acids is 1. The Labute approximate surface area is 201 Å². The lowest BCUT2D eigenvalue weighted by molar-refractivity contribution is 0.0698. The number of hydrogen-bond acceptors (Lipinski definition) is 5. The summed E-state index contributed by atoms with van der Waals surface area (Å²) in [4.78, 5) is 33.3. The minimum Gasteiger partial charge on any atom is -0.478 e. The van der Waals surface area contributed by atoms with Crippen molar-refractivity contribution in [1.29, 1.82) is 0 Å². The van der Waals surface area contributed by atoms with Gasteiger partial charge in [-0.05, 0) is 48.5 Å². The molecular weight excluding hydrogens is 447 g/mol. The number of pyridine rings is 1. The number of piperazine rings is 1. The number of nitrogens with one attached hydrogen (secondary N) is 1. The van der Waals surface area contributed by atoms with Crippen molar-refractivity contribution in [2.75, 3.05) is 41.3 Å². The fourth-order valence-corrected chi connectivity index (χ4v) is 4.31. The number of benzene rings is 3. The summed E-state index contributed by atoms with van der Waals surface area (Å²) >= 11 is 0. The van der Waals surface area contributed by atoms with Gasteiger partial charge >= 0.3 is 5.97 Å². The molecule has 7 nitrogen and oxygen atoms in total. The maximum absolute atomic E-state index is 14.2. The first-order valence-electron chi connectivity index (χ1n) is 11.3. The van der Waals surface area contributed by atoms with Crippen molar-refractivity contribution in [2.24, 2.45) is 0 Å². The average molecular weight is 471 g/mol. The minimum atomic E-state index is -1.07. The first kappa shape index (κ1) is 22.3. The summed E-state index contributed by atoms with van der Waals surface area (Å²) in [7, 11) is 0. The van der Waals surface area contributed by atoms with Crippen LogP contribution in [0.15, 0.2) is 78.9 Å². The number of aromatic nitrogens is 1. The fraction of sp³-hybridized carbons (Fsp3) is 0.148. The molecular formula is C27H23FN4O3. The molecule has 8 heteroatoms. The number of halogens is 1. The molecule has 2 N–H and O–H groups in total. The van der Waals surface area contributed by atoms with E-state index in [1.165, 1.54) is 6.07 Å². The Morgan fingerprint density at radius 1 is 0.857 bits per heavy atom. The van der Waals surface area contributed by atoms with Gasteiger partial charge in [-0.15, -0.1) is 0 Å². The fourth-order valence-electron chi connectivity index (χ4n) is 4.31. The number of nitrogens with zero attached hydrogens (tertiary/aromatic N) is 3. The zero-order valence-electron chi connectivity index (χ0n) is 18.8. The summed E-state index contributed by atoms with van der Waals surface area (Å²) in [6.45, 7) is 2.34. The lowest BCUT2D eigenvalue weighted by Crippen LogP contribution is -2.47. The molecule has 0 unspecified atom stereocenters. The van der Waals surface area contributed by atoms with E-state index < -0.39 is 5.97 Å². The van der Waals surface area contributed by atoms with Crippen molar-refractivity contribution in [3.8, 4) is 0 Å². The molecule has 1 aliphatic heterocycles. The normalized spacial score (nSPS) is 13.6. The molecule has 0 bridgehead atoms. The third kappa shape index (κ3) is 4.63. The van der Waals surface area contributed by atoms with Gasteiger partial charge in [-0.25, -0.2) is 14.2 Å². The van der Waals surface area contributed by atoms with Crippen LogP contribution in [0, 0.1) is 5.82 Å². The molecule has 1 aliphatic rings. The first-order chi connectivity index (χ1) is 17.0. The van der Waals surface area contributed by atoms with Crippen molar-refractivity contribution in [3.63, 3.8) is 0 Å². The van der Waals surface area contributed by atoms with E-state index in [2.05, 4.69) is 5.32 Å². The molecule has 1 aromatic heterocycles. The zero-order chi connectivity index (χ0) is 24.4. The predicted molar refractivity (Wildman–Crippen MR) is 134 cm³/mol. The molecule has 0 atom stereocenters. The Balaban J connectivity index is 1.39. The number of para-hydroxylation sites is 1. The van der Waals surface area contributed by atoms with Crippen molar-refractivity contribution < 1.29 is 19.1 Å². The summed E-state index contributed by atoms with van der Waals surface area (Å²) < 4.78 is 14.2. The second kappa shape index (κ2) is 9.42. The summed E-state index contributed by atoms with van der Waals surface area (Å²) in [5.74, 6) is -1.05. The quantitative estimate of drug-likeness (QED) is 0.442. The van der Waals surface area contributed by atoms with E-state index in [9.17, 15) is 19.1 Å². The van der Waals surface area contributed by atoms with Crippen LogP contribution in [-0.4, -0.2) is 48.1 Å². The number of anilines is 3. The second-order valence-electron chi connectivity index (χ2n) is 8.31. The first-order valence-corrected chi connectivity index (χ1v) is 11.3. The molecule has 4 aromatic rings. The van der Waals surface area contributed by atoms with Crippen LogP contribution in [0.4, 0.5) is 21.6 Å². The Bertz CT molecular complexity index is 1400. The van der Waals surface area contributed by atoms with Gasteiger partial charge in [0.1, 0.15) is 11.6 Å². The van der Waals surface area contributed by atoms with Crippen molar-refractivity contribution in [2.45, 2.75) is 0 Å². The van der Waals surface area contributed by atoms with Crippen LogP contribution in [0.25, 0.3) is 10.9 Å². The van der Waals surface area contributed by atoms with Crippen molar-refractivity contribution in [1.82, 2.24) is 4.98 Å². The molecule has 0 spiro atoms. The molecule has 0 radical (unpaired) electrons. The number of carbonyl (C=O) groups excluding carboxylic acids is 1. The van der Waals surface area contributed by atoms with E-state index in [-0.39, 0.29) is 17.3 Å². The summed E-state index contributed by atoms with van der Waals surface area (Å²) in [6.07, 6.45) is 0. The van der Waals surface area contributed by atoms with Crippen LogP contribution in [-0.2, 0) is 0 Å². The molecule has 5 rings (SSSR count). The Morgan fingerprint density at radius 2 is 1.54 bits per heavy atom. The number of carboxylic acids is 1. The van der Waals surface area contributed by atoms with E-state index in [0.717, 1.165) is 0 Å². The van der Waals surface area contributed by atoms with Crippen LogP contribution in [0.3, 0.4) is 0 Å². The van der Waals surface area contributed by atoms with Crippen LogP contribution >= 0.6 is 0 Å². The molecule has 176 valence electrons. The lowest BCUT2D eigenvalue weighted by atomic mass is 10.1. The van der Waals surface area contributed by atoms with Gasteiger partial charge < -0.3 is 20.2 Å². The van der Waals surface area contributed by atoms with Crippen molar-refractivity contribution in [3.05, 3.63) is 95.8 Å². The maximum atomic E-state index is 14.2. The molecule has 1 saturated heterocycles. The second-order valence-corrected chi connectivity index (χ2v) is 8.31. The maximum Gasteiger partial charge on any atom is 0.336 e. The largest absolute Gasteiger partial charge is 0.478 e. The van der Waals surface area contributed by atoms with Gasteiger partial charge in [-0.1, -0.05) is 30.3 Å². The Morgan fingerprint density at radius 3 is 2.26 bits per heavy atom. The Kier molecular flexibility index (Phi) is 6.01. The number of carboxylic acid groups (broad SMARTS) is 1. The molecule has 2 heterocycles. The van der Waals surface area contributed by atoms with Gasteiger partial charge in [0.2, 0.25) is 0 Å². The zero-order valence-corrected chi connectivity index (χ0v) is 18.8. The number of fused-ring (bicyclic) bond motifs is 1. The van der Waals surface area contributed by atoms with Gasteiger partial charge in [0, 0.05) is 42.8 Å². The van der Waals surface area contributed by atoms with E-state index in [1.54, 1.807) is 60.7 Å². The highest BCUT2D eigenvalue weighted by Crippen LogP contribution is 2.28. The van der Waals surface area contributed by atoms with E-state index in [0.29, 0.717) is 59.8 Å². The van der Waals surface area contributed by atoms with Gasteiger partial charge in [-0.2, -0.15) is 0 Å². The van der Waals surface area contributed by atoms with E-state index in [4.69, 9.17) is 4.98 Å². The molecule has 35 heavy (non-hydrogen) atoms. The van der Waals surface area contributed by atoms with Crippen LogP contribution in [0.1, 0.15) is 20.7 Å². The minimum absolute atomic E-state index is 0.109. The van der Waals surface area contributed by atoms with E-state index >= 15 is 0 Å². The molecule has 0 aliphatic carbocycles. The van der Waals surface area contributed by atoms with Gasteiger partial charge in [0.15, 0.2) is 0 Å². The monoisotopic (exact) mass is 470 g/mol. The molecule has 1 amide bonds. The predicted octanol–water partition coefficient (Wildman–Crippen LogP) is 4.65. The number of carbonyl (C=O) groups is 2. The van der Waals surface area contributed by atoms with Gasteiger partial charge in [-0.3, -0.25) is 4.79 Å². The van der Waals surface area contributed by atoms with Crippen molar-refractivity contribution >= 4 is 40.0 Å². The van der Waals surface area contributed by atoms with E-state index in [1.807, 2.05) is 21.9 Å². The number of amides is 1. The van der Waals surface area contributed by atoms with Gasteiger partial charge in [0.25, 0.3) is 5.91 Å². The number of rotatable bonds is 5. The smallest absolute Gasteiger partial charge is 0.336 e. The number of hydrogen-bond donors (Lipinski definition) is 2. The summed E-state index contributed by atoms with van der Waals surface area (Å²) in [5, 5.41) is 13.1. The summed E-state index contributed by atoms with van der Waals surface area (Å²) in [5.41, 5.74) is 2.19. The highest BCUT2D eigenvalue weighted by atomic mass is 19.1. The van der Waals surface area contributed by atoms with Crippen LogP contribution in [0.2, 0.25) is 0 Å². The van der Waals surface area contributed by atoms with Crippen LogP contribution < -0.4 is 15.1 Å².